The van der Waals surface area contributed by atoms with E-state index >= 15 is 0 Å². The summed E-state index contributed by atoms with van der Waals surface area (Å²) in [5, 5.41) is 11.6. The summed E-state index contributed by atoms with van der Waals surface area (Å²) in [7, 11) is 1.88. The lowest BCUT2D eigenvalue weighted by atomic mass is 9.76. The Morgan fingerprint density at radius 1 is 1.27 bits per heavy atom. The molecule has 2 heterocycles. The molecule has 26 heavy (non-hydrogen) atoms. The molecule has 0 bridgehead atoms. The van der Waals surface area contributed by atoms with Crippen LogP contribution in [0.1, 0.15) is 25.0 Å². The fourth-order valence-corrected chi connectivity index (χ4v) is 4.11. The van der Waals surface area contributed by atoms with Gasteiger partial charge in [0.15, 0.2) is 11.6 Å². The summed E-state index contributed by atoms with van der Waals surface area (Å²) in [6.45, 7) is 4.01. The molecule has 0 fully saturated rings. The molecule has 5 nitrogen and oxygen atoms in total. The minimum absolute atomic E-state index is 0.0110. The summed E-state index contributed by atoms with van der Waals surface area (Å²) in [5.74, 6) is -0.743. The van der Waals surface area contributed by atoms with Gasteiger partial charge in [0.05, 0.1) is 16.4 Å². The Hall–Kier alpha value is -2.60. The zero-order valence-corrected chi connectivity index (χ0v) is 15.2. The number of ether oxygens (including phenoxy) is 1. The quantitative estimate of drug-likeness (QED) is 0.525. The summed E-state index contributed by atoms with van der Waals surface area (Å²) in [6, 6.07) is 7.80. The van der Waals surface area contributed by atoms with Gasteiger partial charge >= 0.3 is 0 Å². The van der Waals surface area contributed by atoms with Crippen molar-refractivity contribution in [2.24, 2.45) is 0 Å². The van der Waals surface area contributed by atoms with Crippen LogP contribution in [-0.4, -0.2) is 17.7 Å². The minimum Gasteiger partial charge on any atom is -0.460 e. The molecule has 0 saturated carbocycles. The number of nitro benzene ring substituents is 1. The van der Waals surface area contributed by atoms with E-state index < -0.39 is 21.9 Å². The summed E-state index contributed by atoms with van der Waals surface area (Å²) in [6.07, 6.45) is 3.51. The SMILES string of the molecule is CN1c2ccc(Cl)cc2C(C)(C)C12C=Cc1cc([N+](=O)[O-])cc(F)c1O2. The molecule has 0 amide bonds. The van der Waals surface area contributed by atoms with E-state index in [4.69, 9.17) is 16.3 Å². The molecule has 0 N–H and O–H groups in total. The lowest BCUT2D eigenvalue weighted by molar-refractivity contribution is -0.385. The van der Waals surface area contributed by atoms with Crippen molar-refractivity contribution < 1.29 is 14.1 Å². The second-order valence-corrected chi connectivity index (χ2v) is 7.52. The van der Waals surface area contributed by atoms with Crippen LogP contribution in [0.15, 0.2) is 36.4 Å². The van der Waals surface area contributed by atoms with E-state index in [-0.39, 0.29) is 11.4 Å². The van der Waals surface area contributed by atoms with Gasteiger partial charge in [-0.1, -0.05) is 11.6 Å². The van der Waals surface area contributed by atoms with Crippen molar-refractivity contribution in [2.45, 2.75) is 25.0 Å². The molecule has 0 aromatic heterocycles. The molecule has 134 valence electrons. The first-order chi connectivity index (χ1) is 12.2. The van der Waals surface area contributed by atoms with Crippen molar-refractivity contribution in [3.63, 3.8) is 0 Å². The first kappa shape index (κ1) is 16.8. The Kier molecular flexibility index (Phi) is 3.37. The van der Waals surface area contributed by atoms with Gasteiger partial charge in [0.2, 0.25) is 5.72 Å². The first-order valence-electron chi connectivity index (χ1n) is 8.07. The topological polar surface area (TPSA) is 55.6 Å². The third-order valence-electron chi connectivity index (χ3n) is 5.40. The number of benzene rings is 2. The number of halogens is 2. The molecule has 1 spiro atoms. The van der Waals surface area contributed by atoms with Gasteiger partial charge in [-0.2, -0.15) is 0 Å². The van der Waals surface area contributed by atoms with E-state index in [9.17, 15) is 14.5 Å². The van der Waals surface area contributed by atoms with Crippen molar-refractivity contribution >= 4 is 29.1 Å². The van der Waals surface area contributed by atoms with Crippen molar-refractivity contribution in [3.05, 3.63) is 68.5 Å². The highest BCUT2D eigenvalue weighted by Gasteiger charge is 2.58. The second-order valence-electron chi connectivity index (χ2n) is 7.08. The van der Waals surface area contributed by atoms with Gasteiger partial charge in [-0.05, 0) is 49.8 Å². The summed E-state index contributed by atoms with van der Waals surface area (Å²) in [5.41, 5.74) is 0.465. The Labute approximate surface area is 154 Å². The van der Waals surface area contributed by atoms with Gasteiger partial charge in [0.1, 0.15) is 0 Å². The van der Waals surface area contributed by atoms with Gasteiger partial charge in [-0.25, -0.2) is 4.39 Å². The zero-order chi connectivity index (χ0) is 18.9. The predicted molar refractivity (Wildman–Crippen MR) is 98.3 cm³/mol. The number of hydrogen-bond donors (Lipinski definition) is 0. The molecule has 0 radical (unpaired) electrons. The van der Waals surface area contributed by atoms with Crippen molar-refractivity contribution in [1.29, 1.82) is 0 Å². The van der Waals surface area contributed by atoms with E-state index in [0.29, 0.717) is 10.6 Å². The van der Waals surface area contributed by atoms with Gasteiger partial charge in [0, 0.05) is 29.4 Å². The lowest BCUT2D eigenvalue weighted by Gasteiger charge is -2.45. The molecule has 2 aromatic carbocycles. The summed E-state index contributed by atoms with van der Waals surface area (Å²) >= 11 is 6.18. The number of nitro groups is 1. The third kappa shape index (κ3) is 2.02. The minimum atomic E-state index is -0.968. The average molecular weight is 375 g/mol. The van der Waals surface area contributed by atoms with Crippen molar-refractivity contribution in [3.8, 4) is 5.75 Å². The number of non-ortho nitro benzene ring substituents is 1. The Morgan fingerprint density at radius 3 is 2.69 bits per heavy atom. The first-order valence-corrected chi connectivity index (χ1v) is 8.45. The molecule has 4 rings (SSSR count). The fraction of sp³-hybridized carbons (Fsp3) is 0.263. The van der Waals surface area contributed by atoms with Gasteiger partial charge < -0.3 is 9.64 Å². The summed E-state index contributed by atoms with van der Waals surface area (Å²) < 4.78 is 20.8. The van der Waals surface area contributed by atoms with Gasteiger partial charge in [-0.15, -0.1) is 0 Å². The predicted octanol–water partition coefficient (Wildman–Crippen LogP) is 4.92. The third-order valence-corrected chi connectivity index (χ3v) is 5.64. The largest absolute Gasteiger partial charge is 0.460 e. The number of likely N-dealkylation sites (N-methyl/N-ethyl adjacent to an activating group) is 1. The normalized spacial score (nSPS) is 22.1. The average Bonchev–Trinajstić information content (AvgIpc) is 2.74. The molecule has 2 aromatic rings. The van der Waals surface area contributed by atoms with Crippen LogP contribution in [0.5, 0.6) is 5.75 Å². The van der Waals surface area contributed by atoms with Crippen LogP contribution < -0.4 is 9.64 Å². The van der Waals surface area contributed by atoms with E-state index in [0.717, 1.165) is 17.3 Å². The van der Waals surface area contributed by atoms with E-state index in [1.54, 1.807) is 12.1 Å². The maximum Gasteiger partial charge on any atom is 0.273 e. The Morgan fingerprint density at radius 2 is 2.00 bits per heavy atom. The lowest BCUT2D eigenvalue weighted by Crippen LogP contribution is -2.58. The van der Waals surface area contributed by atoms with Crippen LogP contribution in [0.2, 0.25) is 5.02 Å². The number of fused-ring (bicyclic) bond motifs is 2. The number of rotatable bonds is 1. The molecular formula is C19H16ClFN2O3. The van der Waals surface area contributed by atoms with E-state index in [1.807, 2.05) is 44.0 Å². The van der Waals surface area contributed by atoms with Gasteiger partial charge in [-0.3, -0.25) is 10.1 Å². The Bertz CT molecular complexity index is 989. The monoisotopic (exact) mass is 374 g/mol. The standard InChI is InChI=1S/C19H16ClFN2O3/c1-18(2)14-9-12(20)4-5-16(14)22(3)19(18)7-6-11-8-13(23(24)25)10-15(21)17(11)26-19/h4-10H,1-3H3. The smallest absolute Gasteiger partial charge is 0.273 e. The van der Waals surface area contributed by atoms with Crippen molar-refractivity contribution in [1.82, 2.24) is 0 Å². The fourth-order valence-electron chi connectivity index (χ4n) is 3.94. The summed E-state index contributed by atoms with van der Waals surface area (Å²) in [4.78, 5) is 12.3. The van der Waals surface area contributed by atoms with Crippen LogP contribution >= 0.6 is 11.6 Å². The highest BCUT2D eigenvalue weighted by Crippen LogP contribution is 2.55. The maximum absolute atomic E-state index is 14.6. The Balaban J connectivity index is 1.88. The van der Waals surface area contributed by atoms with Crippen LogP contribution in [-0.2, 0) is 5.41 Å². The number of nitrogens with zero attached hydrogens (tertiary/aromatic N) is 2. The molecule has 1 atom stereocenters. The molecule has 2 aliphatic rings. The zero-order valence-electron chi connectivity index (χ0n) is 14.4. The number of anilines is 1. The molecule has 0 saturated heterocycles. The molecule has 7 heteroatoms. The number of hydrogen-bond acceptors (Lipinski definition) is 4. The van der Waals surface area contributed by atoms with Crippen LogP contribution in [0.3, 0.4) is 0 Å². The highest BCUT2D eigenvalue weighted by atomic mass is 35.5. The highest BCUT2D eigenvalue weighted by molar-refractivity contribution is 6.30. The second kappa shape index (κ2) is 5.20. The van der Waals surface area contributed by atoms with Gasteiger partial charge in [0.25, 0.3) is 5.69 Å². The molecule has 1 unspecified atom stereocenters. The van der Waals surface area contributed by atoms with Crippen LogP contribution in [0.4, 0.5) is 15.8 Å². The molecule has 0 aliphatic carbocycles. The maximum atomic E-state index is 14.6. The van der Waals surface area contributed by atoms with Crippen LogP contribution in [0, 0.1) is 15.9 Å². The molecule has 2 aliphatic heterocycles. The van der Waals surface area contributed by atoms with Crippen molar-refractivity contribution in [2.75, 3.05) is 11.9 Å². The van der Waals surface area contributed by atoms with Crippen LogP contribution in [0.25, 0.3) is 6.08 Å². The van der Waals surface area contributed by atoms with E-state index in [1.165, 1.54) is 6.07 Å². The van der Waals surface area contributed by atoms with E-state index in [2.05, 4.69) is 0 Å². The molecular weight excluding hydrogens is 359 g/mol.